The molecule has 0 aliphatic heterocycles. The molecule has 0 aromatic carbocycles. The molecule has 4 aliphatic rings. The molecule has 0 spiro atoms. The molecule has 1 unspecified atom stereocenters. The molecule has 1 heterocycles. The minimum absolute atomic E-state index is 0.0908. The summed E-state index contributed by atoms with van der Waals surface area (Å²) in [5.74, 6) is 5.18. The number of imidazole rings is 1. The van der Waals surface area contributed by atoms with Gasteiger partial charge in [-0.05, 0) is 111 Å². The molecule has 202 valence electrons. The van der Waals surface area contributed by atoms with Crippen molar-refractivity contribution in [3.05, 3.63) is 29.9 Å². The van der Waals surface area contributed by atoms with Crippen molar-refractivity contribution < 1.29 is 5.11 Å². The van der Waals surface area contributed by atoms with Gasteiger partial charge in [-0.25, -0.2) is 4.98 Å². The maximum atomic E-state index is 10.3. The highest BCUT2D eigenvalue weighted by molar-refractivity contribution is 5.25. The zero-order valence-corrected chi connectivity index (χ0v) is 23.6. The molecule has 36 heavy (non-hydrogen) atoms. The first-order valence-corrected chi connectivity index (χ1v) is 15.4. The van der Waals surface area contributed by atoms with Gasteiger partial charge in [-0.3, -0.25) is 0 Å². The van der Waals surface area contributed by atoms with E-state index < -0.39 is 0 Å². The normalized spacial score (nSPS) is 39.6. The lowest BCUT2D eigenvalue weighted by Crippen LogP contribution is -2.50. The molecular formula is C32H53N3O. The number of aromatic amines is 1. The van der Waals surface area contributed by atoms with Gasteiger partial charge in [0.2, 0.25) is 0 Å². The lowest BCUT2D eigenvalue weighted by Gasteiger charge is -2.58. The Morgan fingerprint density at radius 3 is 2.78 bits per heavy atom. The predicted octanol–water partition coefficient (Wildman–Crippen LogP) is 6.92. The van der Waals surface area contributed by atoms with Crippen molar-refractivity contribution in [1.82, 2.24) is 15.3 Å². The summed E-state index contributed by atoms with van der Waals surface area (Å²) in [7, 11) is 0. The van der Waals surface area contributed by atoms with Crippen LogP contribution >= 0.6 is 0 Å². The Bertz CT molecular complexity index is 880. The fourth-order valence-corrected chi connectivity index (χ4v) is 9.70. The second kappa shape index (κ2) is 10.9. The molecule has 4 aliphatic carbocycles. The SMILES string of the molecule is CC(CCC[C@@H](C)[C@H]1CC[C@H]2[C@@H]3CC=C4C[C@@H](O)CC[C@]4(C)[C@H]3CC[C@]12C)CNCCc1cnc[nH]1. The highest BCUT2D eigenvalue weighted by Crippen LogP contribution is 2.67. The van der Waals surface area contributed by atoms with Gasteiger partial charge in [0, 0.05) is 24.9 Å². The van der Waals surface area contributed by atoms with E-state index in [1.54, 1.807) is 11.9 Å². The van der Waals surface area contributed by atoms with E-state index in [9.17, 15) is 5.11 Å². The number of aliphatic hydroxyl groups is 1. The Labute approximate surface area is 220 Å². The molecule has 1 aromatic heterocycles. The van der Waals surface area contributed by atoms with Crippen molar-refractivity contribution in [3.8, 4) is 0 Å². The number of fused-ring (bicyclic) bond motifs is 5. The summed E-state index contributed by atoms with van der Waals surface area (Å²) < 4.78 is 0. The smallest absolute Gasteiger partial charge is 0.0921 e. The van der Waals surface area contributed by atoms with Crippen molar-refractivity contribution in [1.29, 1.82) is 0 Å². The van der Waals surface area contributed by atoms with Crippen molar-refractivity contribution in [2.45, 2.75) is 111 Å². The number of hydrogen-bond donors (Lipinski definition) is 3. The number of nitrogens with one attached hydrogen (secondary N) is 2. The molecular weight excluding hydrogens is 442 g/mol. The van der Waals surface area contributed by atoms with Crippen molar-refractivity contribution in [2.24, 2.45) is 46.3 Å². The molecule has 3 fully saturated rings. The number of hydrogen-bond acceptors (Lipinski definition) is 3. The zero-order chi connectivity index (χ0) is 25.3. The fraction of sp³-hybridized carbons (Fsp3) is 0.844. The van der Waals surface area contributed by atoms with Gasteiger partial charge < -0.3 is 15.4 Å². The van der Waals surface area contributed by atoms with E-state index in [1.165, 1.54) is 63.5 Å². The van der Waals surface area contributed by atoms with Gasteiger partial charge in [0.25, 0.3) is 0 Å². The lowest BCUT2D eigenvalue weighted by atomic mass is 9.47. The van der Waals surface area contributed by atoms with E-state index in [-0.39, 0.29) is 6.10 Å². The van der Waals surface area contributed by atoms with E-state index in [4.69, 9.17) is 0 Å². The van der Waals surface area contributed by atoms with E-state index in [1.807, 2.05) is 6.20 Å². The lowest BCUT2D eigenvalue weighted by molar-refractivity contribution is -0.0573. The number of rotatable bonds is 10. The highest BCUT2D eigenvalue weighted by atomic mass is 16.3. The molecule has 3 N–H and O–H groups in total. The van der Waals surface area contributed by atoms with Crippen LogP contribution in [0.1, 0.15) is 104 Å². The summed E-state index contributed by atoms with van der Waals surface area (Å²) in [5, 5.41) is 13.9. The quantitative estimate of drug-likeness (QED) is 0.244. The van der Waals surface area contributed by atoms with Gasteiger partial charge in [0.05, 0.1) is 12.4 Å². The Hall–Kier alpha value is -1.13. The van der Waals surface area contributed by atoms with Crippen LogP contribution in [0.4, 0.5) is 0 Å². The van der Waals surface area contributed by atoms with Crippen LogP contribution < -0.4 is 5.32 Å². The second-order valence-corrected chi connectivity index (χ2v) is 13.9. The number of aliphatic hydroxyl groups excluding tert-OH is 1. The van der Waals surface area contributed by atoms with E-state index in [0.717, 1.165) is 67.9 Å². The molecule has 5 rings (SSSR count). The fourth-order valence-electron chi connectivity index (χ4n) is 9.70. The minimum Gasteiger partial charge on any atom is -0.393 e. The number of nitrogens with zero attached hydrogens (tertiary/aromatic N) is 1. The average molecular weight is 496 g/mol. The molecule has 0 amide bonds. The predicted molar refractivity (Wildman–Crippen MR) is 149 cm³/mol. The Kier molecular flexibility index (Phi) is 8.04. The third kappa shape index (κ3) is 5.10. The Morgan fingerprint density at radius 1 is 1.11 bits per heavy atom. The van der Waals surface area contributed by atoms with E-state index in [0.29, 0.717) is 10.8 Å². The Balaban J connectivity index is 1.10. The van der Waals surface area contributed by atoms with Crippen LogP contribution in [0.3, 0.4) is 0 Å². The van der Waals surface area contributed by atoms with Gasteiger partial charge in [-0.15, -0.1) is 0 Å². The zero-order valence-electron chi connectivity index (χ0n) is 23.6. The van der Waals surface area contributed by atoms with Crippen LogP contribution in [0, 0.1) is 46.3 Å². The number of allylic oxidation sites excluding steroid dienone is 1. The van der Waals surface area contributed by atoms with Crippen LogP contribution in [-0.2, 0) is 6.42 Å². The summed E-state index contributed by atoms with van der Waals surface area (Å²) in [6, 6.07) is 0. The third-order valence-corrected chi connectivity index (χ3v) is 11.8. The summed E-state index contributed by atoms with van der Waals surface area (Å²) in [5.41, 5.74) is 3.75. The highest BCUT2D eigenvalue weighted by Gasteiger charge is 2.59. The maximum absolute atomic E-state index is 10.3. The molecule has 3 saturated carbocycles. The second-order valence-electron chi connectivity index (χ2n) is 13.9. The molecule has 0 bridgehead atoms. The molecule has 1 aromatic rings. The van der Waals surface area contributed by atoms with Gasteiger partial charge in [0.15, 0.2) is 0 Å². The third-order valence-electron chi connectivity index (χ3n) is 11.8. The van der Waals surface area contributed by atoms with E-state index >= 15 is 0 Å². The topological polar surface area (TPSA) is 60.9 Å². The van der Waals surface area contributed by atoms with Crippen molar-refractivity contribution in [3.63, 3.8) is 0 Å². The van der Waals surface area contributed by atoms with Gasteiger partial charge in [0.1, 0.15) is 0 Å². The van der Waals surface area contributed by atoms with Crippen LogP contribution in [0.2, 0.25) is 0 Å². The largest absolute Gasteiger partial charge is 0.393 e. The van der Waals surface area contributed by atoms with Gasteiger partial charge in [-0.1, -0.05) is 52.2 Å². The van der Waals surface area contributed by atoms with Gasteiger partial charge in [-0.2, -0.15) is 0 Å². The summed E-state index contributed by atoms with van der Waals surface area (Å²) in [4.78, 5) is 7.29. The number of aromatic nitrogens is 2. The molecule has 4 heteroatoms. The standard InChI is InChI=1S/C32H53N3O/c1-22(19-33-17-14-25-20-34-21-35-25)6-5-7-23(2)28-10-11-29-27-9-8-24-18-26(36)12-15-31(24,3)30(27)13-16-32(28,29)4/h8,20-23,26-30,33,36H,5-7,9-19H2,1-4H3,(H,34,35)/t22?,23-,26+,27+,28-,29+,30+,31+,32-/m1/s1. The van der Waals surface area contributed by atoms with Gasteiger partial charge >= 0.3 is 0 Å². The molecule has 0 radical (unpaired) electrons. The minimum atomic E-state index is -0.0908. The molecule has 9 atom stereocenters. The summed E-state index contributed by atoms with van der Waals surface area (Å²) in [6.45, 7) is 12.4. The molecule has 0 saturated heterocycles. The van der Waals surface area contributed by atoms with Crippen LogP contribution in [0.15, 0.2) is 24.2 Å². The monoisotopic (exact) mass is 495 g/mol. The number of H-pyrrole nitrogens is 1. The first kappa shape index (κ1) is 26.5. The van der Waals surface area contributed by atoms with Crippen molar-refractivity contribution >= 4 is 0 Å². The maximum Gasteiger partial charge on any atom is 0.0921 e. The first-order valence-electron chi connectivity index (χ1n) is 15.4. The molecule has 4 nitrogen and oxygen atoms in total. The first-order chi connectivity index (χ1) is 17.3. The van der Waals surface area contributed by atoms with E-state index in [2.05, 4.69) is 49.1 Å². The Morgan fingerprint density at radius 2 is 1.97 bits per heavy atom. The summed E-state index contributed by atoms with van der Waals surface area (Å²) >= 11 is 0. The van der Waals surface area contributed by atoms with Crippen LogP contribution in [-0.4, -0.2) is 34.3 Å². The summed E-state index contributed by atoms with van der Waals surface area (Å²) in [6.07, 6.45) is 21.6. The van der Waals surface area contributed by atoms with Crippen LogP contribution in [0.5, 0.6) is 0 Å². The average Bonchev–Trinajstić information content (AvgIpc) is 3.49. The van der Waals surface area contributed by atoms with Crippen molar-refractivity contribution in [2.75, 3.05) is 13.1 Å². The van der Waals surface area contributed by atoms with Crippen LogP contribution in [0.25, 0.3) is 0 Å².